The predicted octanol–water partition coefficient (Wildman–Crippen LogP) is 5.07. The zero-order chi connectivity index (χ0) is 16.4. The third-order valence-corrected chi connectivity index (χ3v) is 4.90. The summed E-state index contributed by atoms with van der Waals surface area (Å²) in [7, 11) is 0. The zero-order valence-electron chi connectivity index (χ0n) is 14.4. The highest BCUT2D eigenvalue weighted by molar-refractivity contribution is 5.94. The van der Waals surface area contributed by atoms with Crippen molar-refractivity contribution >= 4 is 11.5 Å². The molecule has 1 fully saturated rings. The van der Waals surface area contributed by atoms with Crippen molar-refractivity contribution < 1.29 is 4.79 Å². The number of allylic oxidation sites excluding steroid dienone is 3. The summed E-state index contributed by atoms with van der Waals surface area (Å²) in [5.41, 5.74) is 4.83. The molecule has 1 amide bonds. The fourth-order valence-electron chi connectivity index (χ4n) is 3.83. The van der Waals surface area contributed by atoms with Crippen molar-refractivity contribution in [3.05, 3.63) is 53.6 Å². The molecule has 0 aromatic heterocycles. The summed E-state index contributed by atoms with van der Waals surface area (Å²) >= 11 is 0. The van der Waals surface area contributed by atoms with E-state index in [0.717, 1.165) is 44.3 Å². The molecule has 2 nitrogen and oxygen atoms in total. The van der Waals surface area contributed by atoms with E-state index in [0.29, 0.717) is 0 Å². The van der Waals surface area contributed by atoms with Gasteiger partial charge < -0.3 is 4.90 Å². The Morgan fingerprint density at radius 2 is 1.70 bits per heavy atom. The quantitative estimate of drug-likeness (QED) is 0.746. The van der Waals surface area contributed by atoms with Crippen LogP contribution >= 0.6 is 0 Å². The SMILES string of the molecule is C=C1C=C(c2ccc(C(=O)N3CCCCC3)cc2)CC(C)(C)C1. The van der Waals surface area contributed by atoms with Gasteiger partial charge >= 0.3 is 0 Å². The topological polar surface area (TPSA) is 20.3 Å². The van der Waals surface area contributed by atoms with Crippen molar-refractivity contribution in [3.63, 3.8) is 0 Å². The van der Waals surface area contributed by atoms with E-state index in [4.69, 9.17) is 0 Å². The maximum Gasteiger partial charge on any atom is 0.253 e. The van der Waals surface area contributed by atoms with Crippen LogP contribution in [0.25, 0.3) is 5.57 Å². The summed E-state index contributed by atoms with van der Waals surface area (Å²) in [6.07, 6.45) is 7.85. The van der Waals surface area contributed by atoms with E-state index in [1.165, 1.54) is 23.1 Å². The number of likely N-dealkylation sites (tertiary alicyclic amines) is 1. The Bertz CT molecular complexity index is 630. The van der Waals surface area contributed by atoms with Crippen molar-refractivity contribution in [2.24, 2.45) is 5.41 Å². The molecule has 2 aliphatic rings. The average molecular weight is 309 g/mol. The molecule has 0 radical (unpaired) electrons. The van der Waals surface area contributed by atoms with Crippen LogP contribution in [0.4, 0.5) is 0 Å². The van der Waals surface area contributed by atoms with Crippen molar-refractivity contribution in [3.8, 4) is 0 Å². The van der Waals surface area contributed by atoms with Crippen LogP contribution in [-0.2, 0) is 0 Å². The van der Waals surface area contributed by atoms with E-state index in [2.05, 4.69) is 38.6 Å². The van der Waals surface area contributed by atoms with E-state index in [1.807, 2.05) is 17.0 Å². The predicted molar refractivity (Wildman–Crippen MR) is 96.3 cm³/mol. The lowest BCUT2D eigenvalue weighted by Gasteiger charge is -2.31. The Morgan fingerprint density at radius 1 is 1.04 bits per heavy atom. The molecule has 1 heterocycles. The maximum atomic E-state index is 12.5. The van der Waals surface area contributed by atoms with Crippen LogP contribution < -0.4 is 0 Å². The Kier molecular flexibility index (Phi) is 4.43. The molecule has 1 aliphatic heterocycles. The van der Waals surface area contributed by atoms with Crippen molar-refractivity contribution in [1.82, 2.24) is 4.90 Å². The van der Waals surface area contributed by atoms with Gasteiger partial charge in [0.2, 0.25) is 0 Å². The zero-order valence-corrected chi connectivity index (χ0v) is 14.4. The van der Waals surface area contributed by atoms with Gasteiger partial charge in [0.1, 0.15) is 0 Å². The molecule has 1 saturated heterocycles. The first-order chi connectivity index (χ1) is 10.9. The largest absolute Gasteiger partial charge is 0.339 e. The molecule has 0 atom stereocenters. The molecule has 0 N–H and O–H groups in total. The molecule has 3 rings (SSSR count). The second kappa shape index (κ2) is 6.35. The van der Waals surface area contributed by atoms with Crippen LogP contribution in [0, 0.1) is 5.41 Å². The fraction of sp³-hybridized carbons (Fsp3) is 0.476. The van der Waals surface area contributed by atoms with Gasteiger partial charge in [-0.1, -0.05) is 44.2 Å². The Hall–Kier alpha value is -1.83. The first kappa shape index (κ1) is 16.0. The third-order valence-electron chi connectivity index (χ3n) is 4.90. The Morgan fingerprint density at radius 3 is 2.30 bits per heavy atom. The summed E-state index contributed by atoms with van der Waals surface area (Å²) in [4.78, 5) is 14.5. The molecule has 0 bridgehead atoms. The van der Waals surface area contributed by atoms with E-state index in [-0.39, 0.29) is 11.3 Å². The van der Waals surface area contributed by atoms with Crippen LogP contribution in [0.1, 0.15) is 61.9 Å². The number of carbonyl (C=O) groups excluding carboxylic acids is 1. The second-order valence-electron chi connectivity index (χ2n) is 7.78. The summed E-state index contributed by atoms with van der Waals surface area (Å²) in [5, 5.41) is 0. The Labute approximate surface area is 139 Å². The molecule has 23 heavy (non-hydrogen) atoms. The van der Waals surface area contributed by atoms with Crippen LogP contribution in [0.2, 0.25) is 0 Å². The highest BCUT2D eigenvalue weighted by Gasteiger charge is 2.25. The standard InChI is InChI=1S/C21H27NO/c1-16-13-19(15-21(2,3)14-16)17-7-9-18(10-8-17)20(23)22-11-5-4-6-12-22/h7-10,13H,1,4-6,11-12,14-15H2,2-3H3. The summed E-state index contributed by atoms with van der Waals surface area (Å²) in [6.45, 7) is 10.5. The molecule has 0 unspecified atom stereocenters. The minimum atomic E-state index is 0.179. The lowest BCUT2D eigenvalue weighted by atomic mass is 9.74. The molecule has 0 saturated carbocycles. The van der Waals surface area contributed by atoms with Crippen LogP contribution in [-0.4, -0.2) is 23.9 Å². The summed E-state index contributed by atoms with van der Waals surface area (Å²) in [6, 6.07) is 8.16. The van der Waals surface area contributed by atoms with E-state index < -0.39 is 0 Å². The summed E-state index contributed by atoms with van der Waals surface area (Å²) < 4.78 is 0. The summed E-state index contributed by atoms with van der Waals surface area (Å²) in [5.74, 6) is 0.179. The van der Waals surface area contributed by atoms with Crippen LogP contribution in [0.3, 0.4) is 0 Å². The number of hydrogen-bond donors (Lipinski definition) is 0. The number of nitrogens with zero attached hydrogens (tertiary/aromatic N) is 1. The lowest BCUT2D eigenvalue weighted by Crippen LogP contribution is -2.35. The number of hydrogen-bond acceptors (Lipinski definition) is 1. The van der Waals surface area contributed by atoms with Gasteiger partial charge in [-0.25, -0.2) is 0 Å². The van der Waals surface area contributed by atoms with Crippen molar-refractivity contribution in [1.29, 1.82) is 0 Å². The number of piperidine rings is 1. The molecule has 1 aliphatic carbocycles. The molecule has 2 heteroatoms. The van der Waals surface area contributed by atoms with E-state index in [9.17, 15) is 4.79 Å². The highest BCUT2D eigenvalue weighted by atomic mass is 16.2. The molecule has 0 spiro atoms. The first-order valence-corrected chi connectivity index (χ1v) is 8.73. The minimum absolute atomic E-state index is 0.179. The number of rotatable bonds is 2. The van der Waals surface area contributed by atoms with Crippen LogP contribution in [0.15, 0.2) is 42.5 Å². The smallest absolute Gasteiger partial charge is 0.253 e. The van der Waals surface area contributed by atoms with Gasteiger partial charge in [0, 0.05) is 18.7 Å². The molecular weight excluding hydrogens is 282 g/mol. The van der Waals surface area contributed by atoms with Crippen LogP contribution in [0.5, 0.6) is 0 Å². The normalized spacial score (nSPS) is 21.0. The molecule has 1 aromatic carbocycles. The first-order valence-electron chi connectivity index (χ1n) is 8.73. The minimum Gasteiger partial charge on any atom is -0.339 e. The van der Waals surface area contributed by atoms with Gasteiger partial charge in [-0.3, -0.25) is 4.79 Å². The van der Waals surface area contributed by atoms with Gasteiger partial charge in [-0.05, 0) is 60.8 Å². The van der Waals surface area contributed by atoms with Gasteiger partial charge in [-0.15, -0.1) is 0 Å². The van der Waals surface area contributed by atoms with Crippen molar-refractivity contribution in [2.45, 2.75) is 46.0 Å². The molecule has 122 valence electrons. The fourth-order valence-corrected chi connectivity index (χ4v) is 3.83. The van der Waals surface area contributed by atoms with Gasteiger partial charge in [-0.2, -0.15) is 0 Å². The number of amides is 1. The number of benzene rings is 1. The van der Waals surface area contributed by atoms with Gasteiger partial charge in [0.05, 0.1) is 0 Å². The number of carbonyl (C=O) groups is 1. The van der Waals surface area contributed by atoms with E-state index in [1.54, 1.807) is 0 Å². The molecular formula is C21H27NO. The lowest BCUT2D eigenvalue weighted by molar-refractivity contribution is 0.0724. The highest BCUT2D eigenvalue weighted by Crippen LogP contribution is 2.41. The average Bonchev–Trinajstić information content (AvgIpc) is 2.53. The Balaban J connectivity index is 1.77. The van der Waals surface area contributed by atoms with Crippen molar-refractivity contribution in [2.75, 3.05) is 13.1 Å². The monoisotopic (exact) mass is 309 g/mol. The second-order valence-corrected chi connectivity index (χ2v) is 7.78. The molecule has 1 aromatic rings. The third kappa shape index (κ3) is 3.74. The van der Waals surface area contributed by atoms with Gasteiger partial charge in [0.25, 0.3) is 5.91 Å². The van der Waals surface area contributed by atoms with E-state index >= 15 is 0 Å². The maximum absolute atomic E-state index is 12.5. The van der Waals surface area contributed by atoms with Gasteiger partial charge in [0.15, 0.2) is 0 Å².